The van der Waals surface area contributed by atoms with Crippen LogP contribution in [0.1, 0.15) is 33.1 Å². The van der Waals surface area contributed by atoms with E-state index in [1.807, 2.05) is 4.57 Å². The molecular weight excluding hydrogens is 324 g/mol. The molecule has 2 saturated heterocycles. The first-order valence-corrected chi connectivity index (χ1v) is 9.17. The molecule has 0 amide bonds. The number of aromatic nitrogens is 2. The van der Waals surface area contributed by atoms with Gasteiger partial charge in [0.25, 0.3) is 10.0 Å². The van der Waals surface area contributed by atoms with Gasteiger partial charge in [0.15, 0.2) is 5.03 Å². The zero-order valence-electron chi connectivity index (χ0n) is 13.1. The van der Waals surface area contributed by atoms with Crippen molar-refractivity contribution in [2.45, 2.75) is 56.8 Å². The van der Waals surface area contributed by atoms with Gasteiger partial charge < -0.3 is 9.88 Å². The molecule has 1 N–H and O–H groups in total. The number of fused-ring (bicyclic) bond motifs is 2. The van der Waals surface area contributed by atoms with E-state index in [0.29, 0.717) is 31.1 Å². The Morgan fingerprint density at radius 2 is 2.05 bits per heavy atom. The van der Waals surface area contributed by atoms with Crippen LogP contribution in [0.5, 0.6) is 0 Å². The van der Waals surface area contributed by atoms with E-state index in [4.69, 9.17) is 0 Å². The van der Waals surface area contributed by atoms with Crippen LogP contribution in [0.2, 0.25) is 0 Å². The Bertz CT molecular complexity index is 602. The van der Waals surface area contributed by atoms with Crippen LogP contribution >= 0.6 is 12.4 Å². The number of sulfonamides is 1. The normalized spacial score (nSPS) is 26.0. The highest BCUT2D eigenvalue weighted by Gasteiger charge is 2.35. The Kier molecular flexibility index (Phi) is 5.53. The van der Waals surface area contributed by atoms with E-state index in [1.54, 1.807) is 16.8 Å². The molecule has 2 atom stereocenters. The van der Waals surface area contributed by atoms with Crippen LogP contribution in [0.4, 0.5) is 0 Å². The first kappa shape index (κ1) is 17.7. The number of nitrogens with zero attached hydrogens (tertiary/aromatic N) is 3. The largest absolute Gasteiger partial charge is 0.336 e. The lowest BCUT2D eigenvalue weighted by Crippen LogP contribution is -2.39. The summed E-state index contributed by atoms with van der Waals surface area (Å²) in [5.74, 6) is 0.466. The Hall–Kier alpha value is -0.630. The van der Waals surface area contributed by atoms with Gasteiger partial charge in [0, 0.05) is 37.9 Å². The summed E-state index contributed by atoms with van der Waals surface area (Å²) in [7, 11) is -3.46. The number of imidazole rings is 1. The molecule has 0 saturated carbocycles. The van der Waals surface area contributed by atoms with E-state index in [2.05, 4.69) is 24.1 Å². The summed E-state index contributed by atoms with van der Waals surface area (Å²) < 4.78 is 28.9. The average molecular weight is 349 g/mol. The van der Waals surface area contributed by atoms with Crippen LogP contribution in [-0.4, -0.2) is 47.4 Å². The lowest BCUT2D eigenvalue weighted by atomic mass is 10.1. The summed E-state index contributed by atoms with van der Waals surface area (Å²) in [5, 5.41) is 3.69. The van der Waals surface area contributed by atoms with Gasteiger partial charge in [-0.3, -0.25) is 0 Å². The predicted octanol–water partition coefficient (Wildman–Crippen LogP) is 1.48. The number of halogens is 1. The molecule has 6 nitrogen and oxygen atoms in total. The summed E-state index contributed by atoms with van der Waals surface area (Å²) in [6.45, 7) is 6.15. The van der Waals surface area contributed by atoms with Crippen molar-refractivity contribution < 1.29 is 8.42 Å². The van der Waals surface area contributed by atoms with E-state index < -0.39 is 10.0 Å². The molecule has 8 heteroatoms. The van der Waals surface area contributed by atoms with Crippen molar-refractivity contribution in [1.29, 1.82) is 0 Å². The molecule has 0 spiro atoms. The maximum atomic E-state index is 12.7. The number of hydrogen-bond acceptors (Lipinski definition) is 4. The van der Waals surface area contributed by atoms with Crippen molar-refractivity contribution in [1.82, 2.24) is 19.2 Å². The standard InChI is InChI=1S/C14H24N4O2S.ClH/c1-11(2)7-17-9-14(15-10-17)21(19,20)18-6-5-12-3-4-13(8-18)16-12;/h9-13,16H,3-8H2,1-2H3;1H. The lowest BCUT2D eigenvalue weighted by Gasteiger charge is -2.22. The van der Waals surface area contributed by atoms with Gasteiger partial charge in [-0.05, 0) is 25.2 Å². The van der Waals surface area contributed by atoms with Crippen molar-refractivity contribution in [3.05, 3.63) is 12.5 Å². The SMILES string of the molecule is CC(C)Cn1cnc(S(=O)(=O)N2CCC3CCC(C2)N3)c1.Cl. The van der Waals surface area contributed by atoms with E-state index in [-0.39, 0.29) is 17.4 Å². The molecule has 0 aliphatic carbocycles. The minimum absolute atomic E-state index is 0. The van der Waals surface area contributed by atoms with Crippen LogP contribution < -0.4 is 5.32 Å². The second-order valence-electron chi connectivity index (χ2n) is 6.59. The summed E-state index contributed by atoms with van der Waals surface area (Å²) in [5.41, 5.74) is 0. The molecule has 126 valence electrons. The molecule has 1 aromatic rings. The maximum absolute atomic E-state index is 12.7. The molecule has 3 rings (SSSR count). The van der Waals surface area contributed by atoms with Crippen molar-refractivity contribution in [3.8, 4) is 0 Å². The molecule has 22 heavy (non-hydrogen) atoms. The molecule has 2 fully saturated rings. The Morgan fingerprint density at radius 3 is 2.77 bits per heavy atom. The van der Waals surface area contributed by atoms with Crippen LogP contribution in [-0.2, 0) is 16.6 Å². The molecule has 1 aromatic heterocycles. The topological polar surface area (TPSA) is 67.2 Å². The van der Waals surface area contributed by atoms with Crippen LogP contribution in [0.15, 0.2) is 17.6 Å². The van der Waals surface area contributed by atoms with E-state index in [0.717, 1.165) is 19.4 Å². The molecule has 2 aliphatic heterocycles. The fourth-order valence-corrected chi connectivity index (χ4v) is 4.69. The van der Waals surface area contributed by atoms with Crippen LogP contribution in [0.3, 0.4) is 0 Å². The minimum atomic E-state index is -3.46. The smallest absolute Gasteiger partial charge is 0.262 e. The van der Waals surface area contributed by atoms with Crippen molar-refractivity contribution in [3.63, 3.8) is 0 Å². The van der Waals surface area contributed by atoms with E-state index in [9.17, 15) is 8.42 Å². The zero-order valence-corrected chi connectivity index (χ0v) is 14.7. The highest BCUT2D eigenvalue weighted by atomic mass is 35.5. The second-order valence-corrected chi connectivity index (χ2v) is 8.48. The summed E-state index contributed by atoms with van der Waals surface area (Å²) in [6, 6.07) is 0.777. The summed E-state index contributed by atoms with van der Waals surface area (Å²) in [6.07, 6.45) is 6.41. The number of rotatable bonds is 4. The van der Waals surface area contributed by atoms with Crippen LogP contribution in [0, 0.1) is 5.92 Å². The Morgan fingerprint density at radius 1 is 1.32 bits per heavy atom. The fraction of sp³-hybridized carbons (Fsp3) is 0.786. The first-order chi connectivity index (χ1) is 9.95. The Balaban J connectivity index is 0.00000176. The number of hydrogen-bond donors (Lipinski definition) is 1. The molecule has 2 aliphatic rings. The van der Waals surface area contributed by atoms with Gasteiger partial charge in [0.05, 0.1) is 6.33 Å². The first-order valence-electron chi connectivity index (χ1n) is 7.73. The van der Waals surface area contributed by atoms with Gasteiger partial charge in [-0.1, -0.05) is 13.8 Å². The van der Waals surface area contributed by atoms with Crippen molar-refractivity contribution in [2.24, 2.45) is 5.92 Å². The van der Waals surface area contributed by atoms with Crippen LogP contribution in [0.25, 0.3) is 0 Å². The molecular formula is C14H25ClN4O2S. The minimum Gasteiger partial charge on any atom is -0.336 e. The zero-order chi connectivity index (χ0) is 15.0. The van der Waals surface area contributed by atoms with Crippen molar-refractivity contribution >= 4 is 22.4 Å². The molecule has 2 unspecified atom stereocenters. The second kappa shape index (κ2) is 6.86. The maximum Gasteiger partial charge on any atom is 0.262 e. The van der Waals surface area contributed by atoms with Gasteiger partial charge in [-0.2, -0.15) is 4.31 Å². The molecule has 3 heterocycles. The third-order valence-electron chi connectivity index (χ3n) is 4.28. The van der Waals surface area contributed by atoms with Gasteiger partial charge in [-0.15, -0.1) is 12.4 Å². The highest BCUT2D eigenvalue weighted by molar-refractivity contribution is 7.89. The fourth-order valence-electron chi connectivity index (χ4n) is 3.26. The van der Waals surface area contributed by atoms with Gasteiger partial charge in [0.1, 0.15) is 0 Å². The average Bonchev–Trinajstić information content (AvgIpc) is 2.95. The number of nitrogens with one attached hydrogen (secondary N) is 1. The highest BCUT2D eigenvalue weighted by Crippen LogP contribution is 2.24. The van der Waals surface area contributed by atoms with Gasteiger partial charge in [0.2, 0.25) is 0 Å². The van der Waals surface area contributed by atoms with E-state index >= 15 is 0 Å². The van der Waals surface area contributed by atoms with Crippen molar-refractivity contribution in [2.75, 3.05) is 13.1 Å². The monoisotopic (exact) mass is 348 g/mol. The molecule has 2 bridgehead atoms. The summed E-state index contributed by atoms with van der Waals surface area (Å²) >= 11 is 0. The van der Waals surface area contributed by atoms with Gasteiger partial charge >= 0.3 is 0 Å². The lowest BCUT2D eigenvalue weighted by molar-refractivity contribution is 0.382. The van der Waals surface area contributed by atoms with Gasteiger partial charge in [-0.25, -0.2) is 13.4 Å². The third kappa shape index (κ3) is 3.64. The summed E-state index contributed by atoms with van der Waals surface area (Å²) in [4.78, 5) is 4.12. The predicted molar refractivity (Wildman–Crippen MR) is 87.6 cm³/mol. The third-order valence-corrected chi connectivity index (χ3v) is 6.03. The molecule has 0 aromatic carbocycles. The molecule has 0 radical (unpaired) electrons. The quantitative estimate of drug-likeness (QED) is 0.894. The van der Waals surface area contributed by atoms with E-state index in [1.165, 1.54) is 6.42 Å². The Labute approximate surface area is 138 Å².